The van der Waals surface area contributed by atoms with E-state index >= 15 is 0 Å². The fourth-order valence-electron chi connectivity index (χ4n) is 9.69. The van der Waals surface area contributed by atoms with Crippen LogP contribution in [0.25, 0.3) is 55.6 Å². The second-order valence-electron chi connectivity index (χ2n) is 16.6. The van der Waals surface area contributed by atoms with Crippen molar-refractivity contribution in [2.24, 2.45) is 0 Å². The van der Waals surface area contributed by atoms with E-state index in [2.05, 4.69) is 152 Å². The van der Waals surface area contributed by atoms with Gasteiger partial charge in [0, 0.05) is 16.2 Å². The SMILES string of the molecule is COc1ccc2c(c1)C(C)(C)c1cc(-c3cc4c(cc3C)-c3cc(C)c(-c5ccc6c(c5)C(C)(C)c5cc(OC)ccc5-6)cc3C4(C)C)ccc1-2. The van der Waals surface area contributed by atoms with Gasteiger partial charge in [-0.1, -0.05) is 90.1 Å². The second kappa shape index (κ2) is 10.5. The summed E-state index contributed by atoms with van der Waals surface area (Å²) in [5, 5.41) is 0. The van der Waals surface area contributed by atoms with Gasteiger partial charge >= 0.3 is 0 Å². The van der Waals surface area contributed by atoms with Gasteiger partial charge in [-0.05, 0) is 163 Å². The van der Waals surface area contributed by atoms with Crippen LogP contribution >= 0.6 is 0 Å². The van der Waals surface area contributed by atoms with Crippen LogP contribution in [0.2, 0.25) is 0 Å². The van der Waals surface area contributed by atoms with E-state index in [0.717, 1.165) is 11.5 Å². The molecule has 6 aromatic rings. The molecule has 0 saturated carbocycles. The lowest BCUT2D eigenvalue weighted by molar-refractivity contribution is 0.413. The van der Waals surface area contributed by atoms with Crippen molar-refractivity contribution in [3.05, 3.63) is 142 Å². The van der Waals surface area contributed by atoms with Crippen LogP contribution in [0.15, 0.2) is 97.1 Å². The third kappa shape index (κ3) is 4.29. The fourth-order valence-corrected chi connectivity index (χ4v) is 9.69. The predicted molar refractivity (Wildman–Crippen MR) is 213 cm³/mol. The smallest absolute Gasteiger partial charge is 0.119 e. The van der Waals surface area contributed by atoms with Gasteiger partial charge in [-0.2, -0.15) is 0 Å². The van der Waals surface area contributed by atoms with Crippen molar-refractivity contribution in [1.82, 2.24) is 0 Å². The van der Waals surface area contributed by atoms with Gasteiger partial charge in [0.25, 0.3) is 0 Å². The fraction of sp³-hybridized carbons (Fsp3) is 0.265. The van der Waals surface area contributed by atoms with Gasteiger partial charge in [-0.15, -0.1) is 0 Å². The molecule has 0 spiro atoms. The minimum atomic E-state index is -0.138. The van der Waals surface area contributed by atoms with Crippen molar-refractivity contribution < 1.29 is 9.47 Å². The zero-order valence-corrected chi connectivity index (χ0v) is 31.6. The Balaban J connectivity index is 1.11. The van der Waals surface area contributed by atoms with E-state index < -0.39 is 0 Å². The third-order valence-electron chi connectivity index (χ3n) is 12.8. The van der Waals surface area contributed by atoms with Gasteiger partial charge in [-0.3, -0.25) is 0 Å². The molecule has 0 radical (unpaired) electrons. The van der Waals surface area contributed by atoms with E-state index in [-0.39, 0.29) is 16.2 Å². The lowest BCUT2D eigenvalue weighted by Gasteiger charge is -2.25. The van der Waals surface area contributed by atoms with Crippen LogP contribution in [0.4, 0.5) is 0 Å². The summed E-state index contributed by atoms with van der Waals surface area (Å²) in [6.07, 6.45) is 0. The molecule has 6 aromatic carbocycles. The van der Waals surface area contributed by atoms with Crippen LogP contribution in [0.1, 0.15) is 86.1 Å². The lowest BCUT2D eigenvalue weighted by atomic mass is 9.78. The molecule has 0 amide bonds. The molecule has 0 atom stereocenters. The standard InChI is InChI=1S/C49H46O2/c1-27-19-39-40-20-28(2)38(30-12-16-34-36-18-14-32(51-10)24-44(36)48(5,6)42(34)22-30)26-46(40)49(7,8)45(39)25-37(27)29-11-15-33-35-17-13-31(50-9)23-43(35)47(3,4)41(33)21-29/h11-26H,1-10H3. The molecule has 0 fully saturated rings. The van der Waals surface area contributed by atoms with E-state index in [4.69, 9.17) is 9.47 Å². The molecule has 0 aromatic heterocycles. The molecule has 0 saturated heterocycles. The summed E-state index contributed by atoms with van der Waals surface area (Å²) in [4.78, 5) is 0. The van der Waals surface area contributed by atoms with Crippen LogP contribution in [0.3, 0.4) is 0 Å². The van der Waals surface area contributed by atoms with E-state index in [1.165, 1.54) is 100 Å². The zero-order chi connectivity index (χ0) is 35.8. The zero-order valence-electron chi connectivity index (χ0n) is 31.6. The number of aryl methyl sites for hydroxylation is 2. The van der Waals surface area contributed by atoms with Gasteiger partial charge in [0.1, 0.15) is 11.5 Å². The number of hydrogen-bond donors (Lipinski definition) is 0. The molecule has 254 valence electrons. The number of fused-ring (bicyclic) bond motifs is 9. The minimum absolute atomic E-state index is 0.105. The van der Waals surface area contributed by atoms with E-state index in [1.54, 1.807) is 14.2 Å². The first kappa shape index (κ1) is 31.9. The Morgan fingerprint density at radius 3 is 1.00 bits per heavy atom. The molecule has 0 N–H and O–H groups in total. The van der Waals surface area contributed by atoms with Crippen LogP contribution in [-0.4, -0.2) is 14.2 Å². The van der Waals surface area contributed by atoms with Gasteiger partial charge in [0.15, 0.2) is 0 Å². The Kier molecular flexibility index (Phi) is 6.55. The van der Waals surface area contributed by atoms with Crippen LogP contribution in [0.5, 0.6) is 11.5 Å². The molecule has 2 heteroatoms. The molecular weight excluding hydrogens is 621 g/mol. The topological polar surface area (TPSA) is 18.5 Å². The quantitative estimate of drug-likeness (QED) is 0.186. The highest BCUT2D eigenvalue weighted by molar-refractivity contribution is 5.91. The average Bonchev–Trinajstić information content (AvgIpc) is 3.58. The maximum atomic E-state index is 5.61. The molecule has 9 rings (SSSR count). The van der Waals surface area contributed by atoms with Crippen LogP contribution in [0, 0.1) is 13.8 Å². The minimum Gasteiger partial charge on any atom is -0.497 e. The molecule has 51 heavy (non-hydrogen) atoms. The summed E-state index contributed by atoms with van der Waals surface area (Å²) in [5.41, 5.74) is 23.7. The third-order valence-corrected chi connectivity index (χ3v) is 12.8. The highest BCUT2D eigenvalue weighted by Gasteiger charge is 2.40. The molecule has 3 aliphatic rings. The number of methoxy groups -OCH3 is 2. The summed E-state index contributed by atoms with van der Waals surface area (Å²) >= 11 is 0. The molecule has 0 aliphatic heterocycles. The Labute approximate surface area is 303 Å². The molecular formula is C49H46O2. The van der Waals surface area contributed by atoms with Crippen molar-refractivity contribution in [3.63, 3.8) is 0 Å². The molecule has 0 unspecified atom stereocenters. The number of rotatable bonds is 4. The summed E-state index contributed by atoms with van der Waals surface area (Å²) < 4.78 is 11.2. The average molecular weight is 667 g/mol. The number of ether oxygens (including phenoxy) is 2. The van der Waals surface area contributed by atoms with Crippen molar-refractivity contribution in [2.75, 3.05) is 14.2 Å². The number of benzene rings is 6. The van der Waals surface area contributed by atoms with Crippen molar-refractivity contribution in [2.45, 2.75) is 71.6 Å². The first-order chi connectivity index (χ1) is 24.2. The van der Waals surface area contributed by atoms with Crippen molar-refractivity contribution in [1.29, 1.82) is 0 Å². The van der Waals surface area contributed by atoms with E-state index in [1.807, 2.05) is 0 Å². The van der Waals surface area contributed by atoms with Crippen molar-refractivity contribution in [3.8, 4) is 67.1 Å². The first-order valence-electron chi connectivity index (χ1n) is 18.2. The van der Waals surface area contributed by atoms with Gasteiger partial charge in [0.05, 0.1) is 14.2 Å². The Bertz CT molecular complexity index is 2320. The van der Waals surface area contributed by atoms with E-state index in [9.17, 15) is 0 Å². The maximum Gasteiger partial charge on any atom is 0.119 e. The summed E-state index contributed by atoms with van der Waals surface area (Å²) in [6, 6.07) is 37.1. The summed E-state index contributed by atoms with van der Waals surface area (Å²) in [5.74, 6) is 1.83. The largest absolute Gasteiger partial charge is 0.497 e. The predicted octanol–water partition coefficient (Wildman–Crippen LogP) is 12.6. The summed E-state index contributed by atoms with van der Waals surface area (Å²) in [7, 11) is 3.50. The van der Waals surface area contributed by atoms with Crippen LogP contribution in [-0.2, 0) is 16.2 Å². The summed E-state index contributed by atoms with van der Waals surface area (Å²) in [6.45, 7) is 18.7. The van der Waals surface area contributed by atoms with Crippen molar-refractivity contribution >= 4 is 0 Å². The molecule has 3 aliphatic carbocycles. The first-order valence-corrected chi connectivity index (χ1v) is 18.2. The lowest BCUT2D eigenvalue weighted by Crippen LogP contribution is -2.16. The Morgan fingerprint density at radius 1 is 0.333 bits per heavy atom. The van der Waals surface area contributed by atoms with Gasteiger partial charge in [-0.25, -0.2) is 0 Å². The maximum absolute atomic E-state index is 5.61. The normalized spacial score (nSPS) is 16.1. The molecule has 0 bridgehead atoms. The monoisotopic (exact) mass is 666 g/mol. The highest BCUT2D eigenvalue weighted by Crippen LogP contribution is 2.55. The van der Waals surface area contributed by atoms with Crippen LogP contribution < -0.4 is 9.47 Å². The van der Waals surface area contributed by atoms with E-state index in [0.29, 0.717) is 0 Å². The van der Waals surface area contributed by atoms with Gasteiger partial charge < -0.3 is 9.47 Å². The highest BCUT2D eigenvalue weighted by atomic mass is 16.5. The van der Waals surface area contributed by atoms with Gasteiger partial charge in [0.2, 0.25) is 0 Å². The second-order valence-corrected chi connectivity index (χ2v) is 16.6. The Hall–Kier alpha value is -5.08. The molecule has 0 heterocycles. The molecule has 2 nitrogen and oxygen atoms in total. The Morgan fingerprint density at radius 2 is 0.647 bits per heavy atom. The number of hydrogen-bond acceptors (Lipinski definition) is 2.